The molecule has 6 heteroatoms. The number of H-pyrrole nitrogens is 1. The van der Waals surface area contributed by atoms with Gasteiger partial charge in [0, 0.05) is 12.1 Å². The number of aromatic amines is 1. The van der Waals surface area contributed by atoms with Gasteiger partial charge >= 0.3 is 0 Å². The number of carbonyl (C=O) groups excluding carboxylic acids is 1. The molecular weight excluding hydrogens is 254 g/mol. The molecule has 4 N–H and O–H groups in total. The van der Waals surface area contributed by atoms with Crippen LogP contribution in [0.25, 0.3) is 0 Å². The zero-order valence-corrected chi connectivity index (χ0v) is 11.1. The quantitative estimate of drug-likeness (QED) is 0.775. The van der Waals surface area contributed by atoms with E-state index in [1.807, 2.05) is 18.2 Å². The monoisotopic (exact) mass is 271 g/mol. The van der Waals surface area contributed by atoms with Crippen LogP contribution in [0.3, 0.4) is 0 Å². The molecular formula is C14H17N5O. The van der Waals surface area contributed by atoms with Crippen LogP contribution in [0.1, 0.15) is 41.0 Å². The smallest absolute Gasteiger partial charge is 0.252 e. The van der Waals surface area contributed by atoms with E-state index < -0.39 is 5.54 Å². The summed E-state index contributed by atoms with van der Waals surface area (Å²) in [5.74, 6) is 0.628. The Balaban J connectivity index is 1.81. The minimum Gasteiger partial charge on any atom is -0.339 e. The number of rotatable bonds is 4. The Morgan fingerprint density at radius 3 is 2.90 bits per heavy atom. The lowest BCUT2D eigenvalue weighted by Gasteiger charge is -2.40. The van der Waals surface area contributed by atoms with Crippen molar-refractivity contribution in [2.45, 2.75) is 31.3 Å². The fourth-order valence-corrected chi connectivity index (χ4v) is 2.52. The fourth-order valence-electron chi connectivity index (χ4n) is 2.52. The first-order chi connectivity index (χ1) is 9.73. The van der Waals surface area contributed by atoms with Gasteiger partial charge in [0.15, 0.2) is 0 Å². The minimum absolute atomic E-state index is 0.101. The molecule has 0 radical (unpaired) electrons. The van der Waals surface area contributed by atoms with Gasteiger partial charge in [-0.1, -0.05) is 12.1 Å². The van der Waals surface area contributed by atoms with E-state index in [2.05, 4.69) is 20.5 Å². The molecule has 1 amide bonds. The van der Waals surface area contributed by atoms with Crippen molar-refractivity contribution in [2.24, 2.45) is 5.73 Å². The highest BCUT2D eigenvalue weighted by Gasteiger charge is 2.42. The molecule has 1 fully saturated rings. The van der Waals surface area contributed by atoms with E-state index >= 15 is 0 Å². The van der Waals surface area contributed by atoms with E-state index in [0.29, 0.717) is 12.1 Å². The van der Waals surface area contributed by atoms with Crippen molar-refractivity contribution >= 4 is 5.91 Å². The average molecular weight is 271 g/mol. The summed E-state index contributed by atoms with van der Waals surface area (Å²) in [4.78, 5) is 16.6. The molecule has 1 aliphatic carbocycles. The Hall–Kier alpha value is -2.21. The standard InChI is InChI=1S/C14H17N5O/c15-8-10-3-1-4-11(7-10)12(20)18-14(5-2-6-14)13-16-9-17-19-13/h1,3-4,7,9H,2,5-6,8,15H2,(H,18,20)(H,16,17,19). The lowest BCUT2D eigenvalue weighted by Crippen LogP contribution is -2.51. The molecule has 1 heterocycles. The molecule has 1 aromatic carbocycles. The van der Waals surface area contributed by atoms with Crippen LogP contribution in [0.2, 0.25) is 0 Å². The minimum atomic E-state index is -0.397. The maximum absolute atomic E-state index is 12.4. The van der Waals surface area contributed by atoms with Gasteiger partial charge in [0.05, 0.1) is 5.54 Å². The number of amides is 1. The molecule has 0 bridgehead atoms. The van der Waals surface area contributed by atoms with Crippen LogP contribution in [-0.2, 0) is 12.1 Å². The highest BCUT2D eigenvalue weighted by molar-refractivity contribution is 5.95. The maximum Gasteiger partial charge on any atom is 0.252 e. The molecule has 20 heavy (non-hydrogen) atoms. The van der Waals surface area contributed by atoms with Crippen LogP contribution in [-0.4, -0.2) is 21.1 Å². The van der Waals surface area contributed by atoms with Crippen LogP contribution < -0.4 is 11.1 Å². The van der Waals surface area contributed by atoms with E-state index in [-0.39, 0.29) is 5.91 Å². The number of benzene rings is 1. The Kier molecular flexibility index (Phi) is 3.23. The van der Waals surface area contributed by atoms with Crippen molar-refractivity contribution in [1.82, 2.24) is 20.5 Å². The molecule has 0 aliphatic heterocycles. The first-order valence-corrected chi connectivity index (χ1v) is 6.71. The summed E-state index contributed by atoms with van der Waals surface area (Å²) in [6, 6.07) is 7.37. The summed E-state index contributed by atoms with van der Waals surface area (Å²) in [5, 5.41) is 9.82. The summed E-state index contributed by atoms with van der Waals surface area (Å²) in [6.07, 6.45) is 4.30. The highest BCUT2D eigenvalue weighted by atomic mass is 16.1. The van der Waals surface area contributed by atoms with Crippen LogP contribution in [0.15, 0.2) is 30.6 Å². The Morgan fingerprint density at radius 1 is 1.45 bits per heavy atom. The summed E-state index contributed by atoms with van der Waals surface area (Å²) in [5.41, 5.74) is 6.78. The fraction of sp³-hybridized carbons (Fsp3) is 0.357. The van der Waals surface area contributed by atoms with Crippen LogP contribution in [0, 0.1) is 0 Å². The molecule has 1 aliphatic rings. The first-order valence-electron chi connectivity index (χ1n) is 6.71. The number of hydrogen-bond acceptors (Lipinski definition) is 4. The molecule has 2 aromatic rings. The Morgan fingerprint density at radius 2 is 2.30 bits per heavy atom. The lowest BCUT2D eigenvalue weighted by molar-refractivity contribution is 0.0809. The lowest BCUT2D eigenvalue weighted by atomic mass is 9.76. The van der Waals surface area contributed by atoms with Crippen molar-refractivity contribution in [1.29, 1.82) is 0 Å². The Bertz CT molecular complexity index is 604. The van der Waals surface area contributed by atoms with Crippen molar-refractivity contribution in [2.75, 3.05) is 0 Å². The third-order valence-electron chi connectivity index (χ3n) is 3.85. The van der Waals surface area contributed by atoms with Crippen molar-refractivity contribution in [3.8, 4) is 0 Å². The number of aromatic nitrogens is 3. The summed E-state index contributed by atoms with van der Waals surface area (Å²) in [7, 11) is 0. The number of carbonyl (C=O) groups is 1. The summed E-state index contributed by atoms with van der Waals surface area (Å²) >= 11 is 0. The topological polar surface area (TPSA) is 96.7 Å². The van der Waals surface area contributed by atoms with Crippen LogP contribution >= 0.6 is 0 Å². The molecule has 104 valence electrons. The molecule has 1 aromatic heterocycles. The van der Waals surface area contributed by atoms with E-state index in [1.165, 1.54) is 6.33 Å². The summed E-state index contributed by atoms with van der Waals surface area (Å²) in [6.45, 7) is 0.425. The Labute approximate surface area is 116 Å². The largest absolute Gasteiger partial charge is 0.339 e. The zero-order chi connectivity index (χ0) is 14.0. The van der Waals surface area contributed by atoms with Gasteiger partial charge in [-0.05, 0) is 37.0 Å². The first kappa shape index (κ1) is 12.8. The van der Waals surface area contributed by atoms with E-state index in [9.17, 15) is 4.79 Å². The normalized spacial score (nSPS) is 16.4. The number of nitrogens with two attached hydrogens (primary N) is 1. The van der Waals surface area contributed by atoms with E-state index in [0.717, 1.165) is 30.7 Å². The van der Waals surface area contributed by atoms with Gasteiger partial charge in [-0.15, -0.1) is 0 Å². The molecule has 3 rings (SSSR count). The van der Waals surface area contributed by atoms with Gasteiger partial charge in [-0.3, -0.25) is 9.89 Å². The molecule has 0 saturated heterocycles. The average Bonchev–Trinajstić information content (AvgIpc) is 2.97. The zero-order valence-electron chi connectivity index (χ0n) is 11.1. The SMILES string of the molecule is NCc1cccc(C(=O)NC2(c3ncn[nH]3)CCC2)c1. The van der Waals surface area contributed by atoms with Gasteiger partial charge < -0.3 is 11.1 Å². The third-order valence-corrected chi connectivity index (χ3v) is 3.85. The second kappa shape index (κ2) is 5.05. The highest BCUT2D eigenvalue weighted by Crippen LogP contribution is 2.39. The molecule has 6 nitrogen and oxygen atoms in total. The van der Waals surface area contributed by atoms with Gasteiger partial charge in [-0.25, -0.2) is 4.98 Å². The van der Waals surface area contributed by atoms with Gasteiger partial charge in [0.25, 0.3) is 5.91 Å². The van der Waals surface area contributed by atoms with Crippen molar-refractivity contribution in [3.05, 3.63) is 47.5 Å². The van der Waals surface area contributed by atoms with Crippen molar-refractivity contribution in [3.63, 3.8) is 0 Å². The van der Waals surface area contributed by atoms with Gasteiger partial charge in [0.1, 0.15) is 12.2 Å². The molecule has 0 spiro atoms. The van der Waals surface area contributed by atoms with Gasteiger partial charge in [-0.2, -0.15) is 5.10 Å². The summed E-state index contributed by atoms with van der Waals surface area (Å²) < 4.78 is 0. The number of hydrogen-bond donors (Lipinski definition) is 3. The van der Waals surface area contributed by atoms with Crippen LogP contribution in [0.4, 0.5) is 0 Å². The number of nitrogens with zero attached hydrogens (tertiary/aromatic N) is 2. The molecule has 0 unspecified atom stereocenters. The van der Waals surface area contributed by atoms with Gasteiger partial charge in [0.2, 0.25) is 0 Å². The molecule has 0 atom stereocenters. The predicted octanol–water partition coefficient (Wildman–Crippen LogP) is 1.07. The molecule has 1 saturated carbocycles. The second-order valence-corrected chi connectivity index (χ2v) is 5.13. The maximum atomic E-state index is 12.4. The van der Waals surface area contributed by atoms with Crippen molar-refractivity contribution < 1.29 is 4.79 Å². The van der Waals surface area contributed by atoms with Crippen LogP contribution in [0.5, 0.6) is 0 Å². The van der Waals surface area contributed by atoms with E-state index in [4.69, 9.17) is 5.73 Å². The number of nitrogens with one attached hydrogen (secondary N) is 2. The van der Waals surface area contributed by atoms with E-state index in [1.54, 1.807) is 6.07 Å². The second-order valence-electron chi connectivity index (χ2n) is 5.13. The third kappa shape index (κ3) is 2.18. The predicted molar refractivity (Wildman–Crippen MR) is 73.7 cm³/mol.